The van der Waals surface area contributed by atoms with Crippen molar-refractivity contribution in [3.05, 3.63) is 69.6 Å². The fourth-order valence-electron chi connectivity index (χ4n) is 3.63. The summed E-state index contributed by atoms with van der Waals surface area (Å²) in [6.45, 7) is 2.94. The number of aromatic nitrogens is 2. The minimum Gasteiger partial charge on any atom is -0.486 e. The summed E-state index contributed by atoms with van der Waals surface area (Å²) in [4.78, 5) is 30.8. The highest BCUT2D eigenvalue weighted by atomic mass is 32.1. The zero-order chi connectivity index (χ0) is 20.7. The highest BCUT2D eigenvalue weighted by Crippen LogP contribution is 2.35. The largest absolute Gasteiger partial charge is 0.486 e. The lowest BCUT2D eigenvalue weighted by Gasteiger charge is -2.39. The normalized spacial score (nSPS) is 16.2. The Morgan fingerprint density at radius 1 is 1.13 bits per heavy atom. The van der Waals surface area contributed by atoms with Crippen LogP contribution in [-0.2, 0) is 0 Å². The maximum atomic E-state index is 12.7. The maximum absolute atomic E-state index is 12.7. The minimum atomic E-state index is -0.1000. The number of pyridine rings is 1. The van der Waals surface area contributed by atoms with Gasteiger partial charge in [0.05, 0.1) is 13.1 Å². The van der Waals surface area contributed by atoms with E-state index in [1.165, 1.54) is 11.3 Å². The smallest absolute Gasteiger partial charge is 0.278 e. The molecule has 3 heterocycles. The molecule has 0 radical (unpaired) electrons. The van der Waals surface area contributed by atoms with E-state index in [4.69, 9.17) is 9.47 Å². The van der Waals surface area contributed by atoms with E-state index in [1.54, 1.807) is 41.4 Å². The Hall–Kier alpha value is -3.13. The third-order valence-corrected chi connectivity index (χ3v) is 5.95. The second-order valence-corrected chi connectivity index (χ2v) is 8.50. The Balaban J connectivity index is 1.17. The molecule has 154 valence electrons. The number of ether oxygens (including phenoxy) is 2. The molecule has 0 spiro atoms. The van der Waals surface area contributed by atoms with Crippen LogP contribution >= 0.6 is 11.3 Å². The Bertz CT molecular complexity index is 1110. The molecule has 0 N–H and O–H groups in total. The third-order valence-electron chi connectivity index (χ3n) is 5.30. The van der Waals surface area contributed by atoms with Crippen LogP contribution in [0.4, 0.5) is 0 Å². The van der Waals surface area contributed by atoms with Gasteiger partial charge in [-0.15, -0.1) is 0 Å². The van der Waals surface area contributed by atoms with Crippen molar-refractivity contribution in [2.24, 2.45) is 0 Å². The molecule has 0 atom stereocenters. The molecule has 0 bridgehead atoms. The van der Waals surface area contributed by atoms with E-state index in [1.807, 2.05) is 22.9 Å². The summed E-state index contributed by atoms with van der Waals surface area (Å²) in [6.07, 6.45) is 3.72. The Labute approximate surface area is 177 Å². The van der Waals surface area contributed by atoms with Crippen LogP contribution in [0.15, 0.2) is 52.8 Å². The van der Waals surface area contributed by atoms with E-state index < -0.39 is 0 Å². The van der Waals surface area contributed by atoms with E-state index >= 15 is 0 Å². The van der Waals surface area contributed by atoms with Crippen LogP contribution < -0.4 is 15.0 Å². The maximum Gasteiger partial charge on any atom is 0.278 e. The van der Waals surface area contributed by atoms with Gasteiger partial charge < -0.3 is 18.9 Å². The zero-order valence-electron chi connectivity index (χ0n) is 16.5. The van der Waals surface area contributed by atoms with Gasteiger partial charge in [0.15, 0.2) is 0 Å². The van der Waals surface area contributed by atoms with Crippen LogP contribution in [-0.4, -0.2) is 39.6 Å². The second kappa shape index (κ2) is 7.60. The fourth-order valence-corrected chi connectivity index (χ4v) is 4.14. The number of nitrogens with zero attached hydrogens (tertiary/aromatic N) is 3. The molecule has 3 aromatic rings. The number of amides is 1. The van der Waals surface area contributed by atoms with Crippen molar-refractivity contribution in [3.63, 3.8) is 0 Å². The van der Waals surface area contributed by atoms with Crippen LogP contribution in [0.1, 0.15) is 34.9 Å². The number of likely N-dealkylation sites (tertiary alicyclic amines) is 1. The second-order valence-electron chi connectivity index (χ2n) is 7.65. The number of thiazole rings is 1. The van der Waals surface area contributed by atoms with Gasteiger partial charge in [0.2, 0.25) is 0 Å². The van der Waals surface area contributed by atoms with Gasteiger partial charge in [-0.2, -0.15) is 0 Å². The molecule has 8 heteroatoms. The number of benzene rings is 1. The number of carbonyl (C=O) groups excluding carboxylic acids is 1. The summed E-state index contributed by atoms with van der Waals surface area (Å²) in [6, 6.07) is 10.8. The van der Waals surface area contributed by atoms with Gasteiger partial charge in [0.25, 0.3) is 16.7 Å². The number of rotatable bonds is 6. The zero-order valence-corrected chi connectivity index (χ0v) is 17.3. The van der Waals surface area contributed by atoms with E-state index in [9.17, 15) is 9.59 Å². The van der Waals surface area contributed by atoms with Gasteiger partial charge in [-0.25, -0.2) is 4.98 Å². The average molecular weight is 423 g/mol. The van der Waals surface area contributed by atoms with Gasteiger partial charge in [-0.05, 0) is 50.1 Å². The van der Waals surface area contributed by atoms with Crippen molar-refractivity contribution in [2.75, 3.05) is 13.1 Å². The molecule has 0 unspecified atom stereocenters. The molecular weight excluding hydrogens is 402 g/mol. The van der Waals surface area contributed by atoms with Gasteiger partial charge in [-0.3, -0.25) is 9.59 Å². The number of hydrogen-bond donors (Lipinski definition) is 0. The van der Waals surface area contributed by atoms with Crippen molar-refractivity contribution in [2.45, 2.75) is 31.9 Å². The average Bonchev–Trinajstić information content (AvgIpc) is 3.39. The summed E-state index contributed by atoms with van der Waals surface area (Å²) < 4.78 is 13.4. The molecule has 1 amide bonds. The van der Waals surface area contributed by atoms with Crippen molar-refractivity contribution in [1.82, 2.24) is 14.5 Å². The molecule has 1 saturated carbocycles. The van der Waals surface area contributed by atoms with Crippen LogP contribution in [0.3, 0.4) is 0 Å². The van der Waals surface area contributed by atoms with Gasteiger partial charge in [0, 0.05) is 34.9 Å². The molecule has 2 aromatic heterocycles. The minimum absolute atomic E-state index is 0.0141. The Morgan fingerprint density at radius 3 is 2.53 bits per heavy atom. The lowest BCUT2D eigenvalue weighted by atomic mass is 10.1. The van der Waals surface area contributed by atoms with Gasteiger partial charge in [0.1, 0.15) is 17.6 Å². The summed E-state index contributed by atoms with van der Waals surface area (Å²) in [5, 5.41) is 2.41. The van der Waals surface area contributed by atoms with Crippen molar-refractivity contribution in [3.8, 4) is 16.7 Å². The lowest BCUT2D eigenvalue weighted by Crippen LogP contribution is -2.56. The summed E-state index contributed by atoms with van der Waals surface area (Å²) in [5.41, 5.74) is 1.51. The predicted molar refractivity (Wildman–Crippen MR) is 113 cm³/mol. The standard InChI is InChI=1S/C22H21N3O4S/c1-14-10-18(11-20(26)25(14)16-4-5-16)28-19-12-24(13-19)21(27)15-2-6-17(7-3-15)29-22-23-8-9-30-22/h2-3,6-11,16,19H,4-5,12-13H2,1H3. The monoisotopic (exact) mass is 423 g/mol. The van der Waals surface area contributed by atoms with Crippen molar-refractivity contribution < 1.29 is 14.3 Å². The predicted octanol–water partition coefficient (Wildman–Crippen LogP) is 3.64. The van der Waals surface area contributed by atoms with Crippen LogP contribution in [0.5, 0.6) is 16.7 Å². The first-order chi connectivity index (χ1) is 14.6. The number of carbonyl (C=O) groups is 1. The third kappa shape index (κ3) is 3.82. The first-order valence-electron chi connectivity index (χ1n) is 9.93. The highest BCUT2D eigenvalue weighted by molar-refractivity contribution is 7.11. The summed E-state index contributed by atoms with van der Waals surface area (Å²) in [5.74, 6) is 1.17. The first kappa shape index (κ1) is 18.9. The Morgan fingerprint density at radius 2 is 1.90 bits per heavy atom. The molecule has 1 aliphatic carbocycles. The molecule has 7 nitrogen and oxygen atoms in total. The molecule has 2 aliphatic rings. The van der Waals surface area contributed by atoms with Crippen LogP contribution in [0.2, 0.25) is 0 Å². The SMILES string of the molecule is Cc1cc(OC2CN(C(=O)c3ccc(Oc4nccs4)cc3)C2)cc(=O)n1C1CC1. The number of hydrogen-bond acceptors (Lipinski definition) is 6. The Kier molecular flexibility index (Phi) is 4.78. The molecular formula is C22H21N3O4S. The lowest BCUT2D eigenvalue weighted by molar-refractivity contribution is 0.0176. The molecule has 1 saturated heterocycles. The highest BCUT2D eigenvalue weighted by Gasteiger charge is 2.33. The van der Waals surface area contributed by atoms with E-state index in [2.05, 4.69) is 4.98 Å². The summed E-state index contributed by atoms with van der Waals surface area (Å²) >= 11 is 1.41. The van der Waals surface area contributed by atoms with Crippen molar-refractivity contribution >= 4 is 17.2 Å². The van der Waals surface area contributed by atoms with E-state index in [0.29, 0.717) is 41.4 Å². The topological polar surface area (TPSA) is 73.7 Å². The first-order valence-corrected chi connectivity index (χ1v) is 10.8. The molecule has 30 heavy (non-hydrogen) atoms. The molecule has 5 rings (SSSR count). The molecule has 1 aliphatic heterocycles. The molecule has 1 aromatic carbocycles. The fraction of sp³-hybridized carbons (Fsp3) is 0.318. The van der Waals surface area contributed by atoms with Gasteiger partial charge >= 0.3 is 0 Å². The number of aryl methyl sites for hydroxylation is 1. The van der Waals surface area contributed by atoms with Crippen LogP contribution in [0.25, 0.3) is 0 Å². The molecule has 2 fully saturated rings. The van der Waals surface area contributed by atoms with Crippen LogP contribution in [0, 0.1) is 6.92 Å². The summed E-state index contributed by atoms with van der Waals surface area (Å²) in [7, 11) is 0. The quantitative estimate of drug-likeness (QED) is 0.605. The van der Waals surface area contributed by atoms with E-state index in [-0.39, 0.29) is 17.6 Å². The van der Waals surface area contributed by atoms with Crippen molar-refractivity contribution in [1.29, 1.82) is 0 Å². The van der Waals surface area contributed by atoms with E-state index in [0.717, 1.165) is 18.5 Å². The van der Waals surface area contributed by atoms with Gasteiger partial charge in [-0.1, -0.05) is 11.3 Å².